The summed E-state index contributed by atoms with van der Waals surface area (Å²) in [5, 5.41) is 111. The monoisotopic (exact) mass is 1840 g/mol. The van der Waals surface area contributed by atoms with E-state index in [1.54, 1.807) is 24.2 Å². The SMILES string of the molecule is C=C1NC(=O)C(C)=CN1C1O[C@H](CCP(=C)(C)C)[C@@H](O)[C@H]1O.C=CC1=CN(C2O[C@H](CCP(=C)(C)C)[C@@H](O)[C@H]2O)C(=C)NC1=O.C=P(C)(C)CC[C@H]1OC(n2cc(/C=C/C(C)=O)c(=O)[nH]c2=O)[C@H](O)[C@@H]1O.C=P(C)(C)CC[C@H]1OC(n2cc(/C=C/C(C)=O)c(=O)[nH]c2=O)[C@H](O)[C@@H]1O.C=P(C)(C)CC[C@H]1OC(n2cc(CNCCC)c(=O)[nH]c2=S)[C@H](O)[C@@H]1O. The van der Waals surface area contributed by atoms with Crippen LogP contribution in [0.15, 0.2) is 116 Å². The molecule has 10 rings (SSSR count). The van der Waals surface area contributed by atoms with E-state index in [4.69, 9.17) is 35.9 Å². The first-order chi connectivity index (χ1) is 56.9. The Morgan fingerprint density at radius 3 is 1.09 bits per heavy atom. The first kappa shape index (κ1) is 105. The third-order valence-corrected chi connectivity index (χ3v) is 28.2. The van der Waals surface area contributed by atoms with Crippen LogP contribution in [0.4, 0.5) is 0 Å². The molecule has 7 aliphatic rings. The van der Waals surface area contributed by atoms with Crippen LogP contribution in [-0.4, -0.2) is 352 Å². The number of ether oxygens (including phenoxy) is 5. The predicted molar refractivity (Wildman–Crippen MR) is 496 cm³/mol. The quantitative estimate of drug-likeness (QED) is 0.0203. The number of rotatable bonds is 29. The van der Waals surface area contributed by atoms with Crippen molar-refractivity contribution < 1.29 is 93.9 Å². The van der Waals surface area contributed by atoms with E-state index in [0.29, 0.717) is 67.0 Å². The van der Waals surface area contributed by atoms with Crippen molar-refractivity contribution >= 4 is 114 Å². The second-order valence-electron chi connectivity index (χ2n) is 35.1. The Balaban J connectivity index is 0.000000238. The van der Waals surface area contributed by atoms with Gasteiger partial charge in [0, 0.05) is 48.7 Å². The van der Waals surface area contributed by atoms with Gasteiger partial charge in [0.1, 0.15) is 72.7 Å². The zero-order chi connectivity index (χ0) is 92.8. The van der Waals surface area contributed by atoms with Crippen molar-refractivity contribution in [2.75, 3.05) is 104 Å². The summed E-state index contributed by atoms with van der Waals surface area (Å²) >= 11 is 5.24. The molecule has 0 bridgehead atoms. The highest BCUT2D eigenvalue weighted by molar-refractivity contribution is 7.73. The number of hydrogen-bond acceptors (Lipinski definition) is 28. The number of aliphatic hydroxyl groups is 10. The van der Waals surface area contributed by atoms with E-state index < -0.39 is 180 Å². The van der Waals surface area contributed by atoms with Gasteiger partial charge in [-0.15, -0.1) is 65.9 Å². The number of hydrogen-bond donors (Lipinski definition) is 16. The molecule has 5 fully saturated rings. The molecule has 20 atom stereocenters. The average Bonchev–Trinajstić information content (AvgIpc) is 1.68. The molecule has 2 amide bonds. The molecule has 35 nitrogen and oxygen atoms in total. The van der Waals surface area contributed by atoms with E-state index >= 15 is 0 Å². The molecule has 16 N–H and O–H groups in total. The molecule has 7 aliphatic heterocycles. The second-order valence-corrected chi connectivity index (χ2v) is 57.1. The fourth-order valence-electron chi connectivity index (χ4n) is 13.4. The van der Waals surface area contributed by atoms with Crippen LogP contribution in [0.1, 0.15) is 102 Å². The van der Waals surface area contributed by atoms with Gasteiger partial charge in [0.05, 0.1) is 47.2 Å². The summed E-state index contributed by atoms with van der Waals surface area (Å²) in [4.78, 5) is 115. The van der Waals surface area contributed by atoms with Crippen molar-refractivity contribution in [3.63, 3.8) is 0 Å². The lowest BCUT2D eigenvalue weighted by atomic mass is 10.1. The summed E-state index contributed by atoms with van der Waals surface area (Å²) in [6.45, 7) is 33.3. The number of ketones is 2. The summed E-state index contributed by atoms with van der Waals surface area (Å²) in [5.74, 6) is -0.424. The lowest BCUT2D eigenvalue weighted by Gasteiger charge is -2.34. The van der Waals surface area contributed by atoms with Gasteiger partial charge in [0.25, 0.3) is 28.5 Å². The first-order valence-corrected chi connectivity index (χ1v) is 55.7. The van der Waals surface area contributed by atoms with E-state index in [1.165, 1.54) is 72.3 Å². The normalized spacial score (nSPS) is 28.6. The highest BCUT2D eigenvalue weighted by atomic mass is 32.1. The maximum absolute atomic E-state index is 12.1. The molecule has 123 heavy (non-hydrogen) atoms. The summed E-state index contributed by atoms with van der Waals surface area (Å²) in [6, 6.07) is 0. The molecule has 5 saturated heterocycles. The number of aromatic amines is 3. The smallest absolute Gasteiger partial charge is 0.330 e. The van der Waals surface area contributed by atoms with E-state index in [0.717, 1.165) is 52.9 Å². The number of H-pyrrole nitrogens is 3. The molecule has 5 unspecified atom stereocenters. The second kappa shape index (κ2) is 44.9. The molecule has 0 saturated carbocycles. The molecule has 3 aromatic heterocycles. The number of amides is 2. The van der Waals surface area contributed by atoms with Gasteiger partial charge in [0.15, 0.2) is 47.5 Å². The highest BCUT2D eigenvalue weighted by Gasteiger charge is 2.50. The Kier molecular flexibility index (Phi) is 38.4. The van der Waals surface area contributed by atoms with Crippen molar-refractivity contribution in [1.82, 2.24) is 54.4 Å². The van der Waals surface area contributed by atoms with Crippen LogP contribution in [0.25, 0.3) is 12.2 Å². The number of carbonyl (C=O) groups excluding carboxylic acids is 4. The van der Waals surface area contributed by atoms with Gasteiger partial charge < -0.3 is 100 Å². The van der Waals surface area contributed by atoms with Gasteiger partial charge in [-0.2, -0.15) is 0 Å². The Morgan fingerprint density at radius 1 is 0.463 bits per heavy atom. The number of aliphatic hydroxyl groups excluding tert-OH is 10. The summed E-state index contributed by atoms with van der Waals surface area (Å²) < 4.78 is 32.8. The van der Waals surface area contributed by atoms with Gasteiger partial charge in [0.2, 0.25) is 0 Å². The van der Waals surface area contributed by atoms with E-state index in [1.807, 2.05) is 6.92 Å². The fourth-order valence-corrected chi connectivity index (χ4v) is 18.5. The van der Waals surface area contributed by atoms with Gasteiger partial charge >= 0.3 is 11.4 Å². The average molecular weight is 1840 g/mol. The third-order valence-electron chi connectivity index (χ3n) is 20.5. The van der Waals surface area contributed by atoms with Crippen LogP contribution in [0.5, 0.6) is 0 Å². The van der Waals surface area contributed by atoms with Crippen molar-refractivity contribution in [3.05, 3.63) is 165 Å². The van der Waals surface area contributed by atoms with E-state index in [9.17, 15) is 94.2 Å². The number of nitrogens with one attached hydrogen (secondary N) is 6. The minimum absolute atomic E-state index is 0.0679. The Bertz CT molecular complexity index is 4930. The zero-order valence-corrected chi connectivity index (χ0v) is 78.0. The number of allylic oxidation sites excluding steroid dienone is 2. The third kappa shape index (κ3) is 30.5. The highest BCUT2D eigenvalue weighted by Crippen LogP contribution is 2.44. The van der Waals surface area contributed by atoms with Crippen LogP contribution >= 0.6 is 46.6 Å². The van der Waals surface area contributed by atoms with Crippen molar-refractivity contribution in [2.24, 2.45) is 0 Å². The van der Waals surface area contributed by atoms with Gasteiger partial charge in [-0.1, -0.05) is 32.7 Å². The van der Waals surface area contributed by atoms with Gasteiger partial charge in [-0.25, -0.2) is 9.59 Å². The van der Waals surface area contributed by atoms with Crippen LogP contribution in [-0.2, 0) is 49.4 Å². The Morgan fingerprint density at radius 2 is 0.772 bits per heavy atom. The fraction of sp³-hybridized carbons (Fsp3) is 0.573. The molecular weight excluding hydrogens is 1710 g/mol. The van der Waals surface area contributed by atoms with Crippen LogP contribution < -0.4 is 44.0 Å². The largest absolute Gasteiger partial charge is 0.388 e. The zero-order valence-electron chi connectivity index (χ0n) is 72.7. The predicted octanol–water partition coefficient (Wildman–Crippen LogP) is 1.68. The summed E-state index contributed by atoms with van der Waals surface area (Å²) in [5.41, 5.74) is -1.63. The van der Waals surface area contributed by atoms with E-state index in [2.05, 4.69) is 149 Å². The lowest BCUT2D eigenvalue weighted by molar-refractivity contribution is -0.120. The Hall–Kier alpha value is -6.62. The number of carbonyl (C=O) groups is 4. The standard InChI is InChI=1S/C17H30N3O4PS.2C17H25N2O6P.C16H25N2O4P.C15H25N2O4P/c1-5-7-18-9-11-10-20(17(26)19-15(11)23)16-14(22)13(21)12(24-16)6-8-25(2,3)4;2*1-10(20)5-6-11-9-19(17(24)18-15(11)23)16-14(22)13(21)12(25-16)7-8-26(2,3)4;1-6-11-9-18(10(2)17-15(11)21)16-14(20)13(19)12(22-16)7-8-23(3,4)5;1-9-8-17(10(2)16-14(9)20)15-13(19)12(18)11(21-15)6-7-22(3,4)5/h10,12-14,16,18,21-22H,2,5-9H2,1,3-4H3,(H,19,23,26);2*5-6,9,12-14,16,21-22H,2,7-8H2,1,3-4H3,(H,18,23,24);6,9,12-14,16,19-20H,1-3,7-8H2,4-5H3,(H,17,21);8,11-13,15,18-19H,2-3,6-7H2,1,4-5H3,(H,16,20)/b;2*6-5+;;/t4*12-,13-,14-,16?;11-,12-,13-,15?/m11111/s1. The van der Waals surface area contributed by atoms with Crippen LogP contribution in [0.2, 0.25) is 0 Å². The van der Waals surface area contributed by atoms with Crippen molar-refractivity contribution in [1.29, 1.82) is 0 Å². The number of nitrogens with zero attached hydrogens (tertiary/aromatic N) is 5. The number of aromatic nitrogens is 6. The van der Waals surface area contributed by atoms with Crippen LogP contribution in [0, 0.1) is 4.77 Å². The minimum Gasteiger partial charge on any atom is -0.388 e. The summed E-state index contributed by atoms with van der Waals surface area (Å²) in [6.07, 6.45) is 23.7. The molecule has 10 heterocycles. The maximum Gasteiger partial charge on any atom is 0.330 e. The van der Waals surface area contributed by atoms with Crippen molar-refractivity contribution in [3.8, 4) is 0 Å². The van der Waals surface area contributed by atoms with Crippen LogP contribution in [0.3, 0.4) is 0 Å². The molecule has 0 aliphatic carbocycles. The topological polar surface area (TPSA) is 507 Å². The molecule has 41 heteroatoms. The molecule has 3 aromatic rings. The molecular formula is C82H130N11O24P5S. The Labute approximate surface area is 722 Å². The van der Waals surface area contributed by atoms with Gasteiger partial charge in [-0.3, -0.25) is 62.2 Å². The molecule has 0 aromatic carbocycles. The molecule has 688 valence electrons. The first-order valence-electron chi connectivity index (χ1n) is 40.0. The maximum atomic E-state index is 12.1. The lowest BCUT2D eigenvalue weighted by Crippen LogP contribution is -2.47. The van der Waals surface area contributed by atoms with Gasteiger partial charge in [-0.05, 0) is 200 Å². The van der Waals surface area contributed by atoms with Crippen molar-refractivity contribution in [2.45, 2.75) is 195 Å². The molecule has 0 radical (unpaired) electrons. The minimum atomic E-state index is -1.33. The molecule has 0 spiro atoms. The van der Waals surface area contributed by atoms with E-state index in [-0.39, 0.29) is 44.8 Å². The summed E-state index contributed by atoms with van der Waals surface area (Å²) in [7, 11) is 0.